The Morgan fingerprint density at radius 1 is 1.26 bits per heavy atom. The van der Waals surface area contributed by atoms with Crippen molar-refractivity contribution in [2.45, 2.75) is 44.4 Å². The van der Waals surface area contributed by atoms with Crippen molar-refractivity contribution in [3.05, 3.63) is 24.2 Å². The molecule has 0 spiro atoms. The maximum atomic E-state index is 13.3. The first-order chi connectivity index (χ1) is 12.8. The van der Waals surface area contributed by atoms with Crippen LogP contribution in [0.15, 0.2) is 22.8 Å². The quantitative estimate of drug-likeness (QED) is 0.779. The standard InChI is InChI=1S/C19H28F3N3O2/c1-23-9-6-16(7-10-23)25(13-17-5-3-11-27-17)18(26)15-4-2-8-24(12-15)14-19(20,21)22/h3,5,11,15-16H,2,4,6-10,12-14H2,1H3. The summed E-state index contributed by atoms with van der Waals surface area (Å²) in [6.07, 6.45) is 0.373. The van der Waals surface area contributed by atoms with Crippen LogP contribution in [0.1, 0.15) is 31.4 Å². The summed E-state index contributed by atoms with van der Waals surface area (Å²) in [5, 5.41) is 0. The number of hydrogen-bond acceptors (Lipinski definition) is 4. The van der Waals surface area contributed by atoms with Crippen LogP contribution in [0.3, 0.4) is 0 Å². The fourth-order valence-corrected chi connectivity index (χ4v) is 4.15. The van der Waals surface area contributed by atoms with Gasteiger partial charge in [0.1, 0.15) is 5.76 Å². The van der Waals surface area contributed by atoms with Crippen LogP contribution in [0.4, 0.5) is 13.2 Å². The summed E-state index contributed by atoms with van der Waals surface area (Å²) >= 11 is 0. The van der Waals surface area contributed by atoms with Gasteiger partial charge in [0.2, 0.25) is 5.91 Å². The van der Waals surface area contributed by atoms with E-state index in [1.807, 2.05) is 11.0 Å². The molecule has 1 aromatic rings. The molecule has 2 aliphatic heterocycles. The lowest BCUT2D eigenvalue weighted by atomic mass is 9.94. The molecule has 1 atom stereocenters. The van der Waals surface area contributed by atoms with E-state index in [-0.39, 0.29) is 24.4 Å². The Kier molecular flexibility index (Phi) is 6.47. The number of piperidine rings is 2. The van der Waals surface area contributed by atoms with Crippen molar-refractivity contribution in [1.29, 1.82) is 0 Å². The molecule has 3 heterocycles. The Balaban J connectivity index is 1.69. The number of hydrogen-bond donors (Lipinski definition) is 0. The molecule has 0 N–H and O–H groups in total. The van der Waals surface area contributed by atoms with E-state index in [9.17, 15) is 18.0 Å². The number of halogens is 3. The number of rotatable bonds is 5. The first-order valence-electron chi connectivity index (χ1n) is 9.62. The third-order valence-electron chi connectivity index (χ3n) is 5.58. The molecule has 2 fully saturated rings. The first kappa shape index (κ1) is 20.2. The molecule has 1 aromatic heterocycles. The van der Waals surface area contributed by atoms with E-state index in [0.29, 0.717) is 31.7 Å². The van der Waals surface area contributed by atoms with Gasteiger partial charge in [-0.2, -0.15) is 13.2 Å². The number of carbonyl (C=O) groups is 1. The number of furan rings is 1. The predicted molar refractivity (Wildman–Crippen MR) is 95.0 cm³/mol. The molecule has 27 heavy (non-hydrogen) atoms. The third-order valence-corrected chi connectivity index (χ3v) is 5.58. The van der Waals surface area contributed by atoms with Crippen molar-refractivity contribution in [2.24, 2.45) is 5.92 Å². The zero-order chi connectivity index (χ0) is 19.4. The molecule has 2 aliphatic rings. The van der Waals surface area contributed by atoms with Crippen molar-refractivity contribution < 1.29 is 22.4 Å². The zero-order valence-electron chi connectivity index (χ0n) is 15.7. The number of nitrogens with zero attached hydrogens (tertiary/aromatic N) is 3. The number of likely N-dealkylation sites (tertiary alicyclic amines) is 2. The summed E-state index contributed by atoms with van der Waals surface area (Å²) in [5.41, 5.74) is 0. The summed E-state index contributed by atoms with van der Waals surface area (Å²) in [4.78, 5) is 18.7. The topological polar surface area (TPSA) is 39.9 Å². The van der Waals surface area contributed by atoms with E-state index >= 15 is 0 Å². The van der Waals surface area contributed by atoms with Crippen molar-refractivity contribution in [3.8, 4) is 0 Å². The Hall–Kier alpha value is -1.54. The Morgan fingerprint density at radius 3 is 2.63 bits per heavy atom. The van der Waals surface area contributed by atoms with Crippen LogP contribution >= 0.6 is 0 Å². The second-order valence-corrected chi connectivity index (χ2v) is 7.77. The van der Waals surface area contributed by atoms with Gasteiger partial charge in [-0.05, 0) is 64.5 Å². The van der Waals surface area contributed by atoms with Crippen molar-refractivity contribution in [1.82, 2.24) is 14.7 Å². The highest BCUT2D eigenvalue weighted by Gasteiger charge is 2.37. The highest BCUT2D eigenvalue weighted by molar-refractivity contribution is 5.79. The fourth-order valence-electron chi connectivity index (χ4n) is 4.15. The fraction of sp³-hybridized carbons (Fsp3) is 0.737. The highest BCUT2D eigenvalue weighted by Crippen LogP contribution is 2.27. The molecule has 0 aliphatic carbocycles. The minimum atomic E-state index is -4.23. The molecule has 8 heteroatoms. The Morgan fingerprint density at radius 2 is 2.00 bits per heavy atom. The van der Waals surface area contributed by atoms with Crippen LogP contribution in [-0.2, 0) is 11.3 Å². The molecule has 3 rings (SSSR count). The van der Waals surface area contributed by atoms with E-state index in [2.05, 4.69) is 11.9 Å². The van der Waals surface area contributed by atoms with Crippen LogP contribution in [0.2, 0.25) is 0 Å². The van der Waals surface area contributed by atoms with E-state index < -0.39 is 12.7 Å². The second kappa shape index (κ2) is 8.65. The lowest BCUT2D eigenvalue weighted by Gasteiger charge is -2.40. The third kappa shape index (κ3) is 5.72. The molecule has 0 bridgehead atoms. The average Bonchev–Trinajstić information content (AvgIpc) is 3.12. The van der Waals surface area contributed by atoms with Crippen molar-refractivity contribution in [2.75, 3.05) is 39.8 Å². The lowest BCUT2D eigenvalue weighted by Crippen LogP contribution is -2.51. The van der Waals surface area contributed by atoms with Crippen LogP contribution in [0.5, 0.6) is 0 Å². The molecule has 0 aromatic carbocycles. The second-order valence-electron chi connectivity index (χ2n) is 7.77. The first-order valence-corrected chi connectivity index (χ1v) is 9.62. The Bertz CT molecular complexity index is 598. The molecular weight excluding hydrogens is 359 g/mol. The van der Waals surface area contributed by atoms with Gasteiger partial charge in [0.05, 0.1) is 25.3 Å². The van der Waals surface area contributed by atoms with E-state index in [0.717, 1.165) is 25.9 Å². The maximum Gasteiger partial charge on any atom is 0.401 e. The van der Waals surface area contributed by atoms with Crippen molar-refractivity contribution >= 4 is 5.91 Å². The van der Waals surface area contributed by atoms with Gasteiger partial charge < -0.3 is 14.2 Å². The SMILES string of the molecule is CN1CCC(N(Cc2ccco2)C(=O)C2CCCN(CC(F)(F)F)C2)CC1. The van der Waals surface area contributed by atoms with E-state index in [1.54, 1.807) is 12.3 Å². The maximum absolute atomic E-state index is 13.3. The number of amides is 1. The normalized spacial score (nSPS) is 23.5. The van der Waals surface area contributed by atoms with Crippen LogP contribution < -0.4 is 0 Å². The number of alkyl halides is 3. The van der Waals surface area contributed by atoms with Crippen LogP contribution in [0, 0.1) is 5.92 Å². The van der Waals surface area contributed by atoms with Gasteiger partial charge >= 0.3 is 6.18 Å². The van der Waals surface area contributed by atoms with Crippen LogP contribution in [0.25, 0.3) is 0 Å². The molecule has 1 unspecified atom stereocenters. The smallest absolute Gasteiger partial charge is 0.401 e. The summed E-state index contributed by atoms with van der Waals surface area (Å²) < 4.78 is 43.7. The summed E-state index contributed by atoms with van der Waals surface area (Å²) in [5.74, 6) is 0.300. The molecular formula is C19H28F3N3O2. The molecule has 0 saturated carbocycles. The minimum absolute atomic E-state index is 0.0344. The molecule has 1 amide bonds. The summed E-state index contributed by atoms with van der Waals surface area (Å²) in [6, 6.07) is 3.74. The van der Waals surface area contributed by atoms with Gasteiger partial charge in [-0.1, -0.05) is 0 Å². The van der Waals surface area contributed by atoms with Gasteiger partial charge in [0.15, 0.2) is 0 Å². The monoisotopic (exact) mass is 387 g/mol. The molecule has 5 nitrogen and oxygen atoms in total. The molecule has 0 radical (unpaired) electrons. The van der Waals surface area contributed by atoms with Gasteiger partial charge in [0.25, 0.3) is 0 Å². The molecule has 2 saturated heterocycles. The summed E-state index contributed by atoms with van der Waals surface area (Å²) in [7, 11) is 2.06. The Labute approximate surface area is 158 Å². The van der Waals surface area contributed by atoms with E-state index in [1.165, 1.54) is 4.90 Å². The highest BCUT2D eigenvalue weighted by atomic mass is 19.4. The summed E-state index contributed by atoms with van der Waals surface area (Å²) in [6.45, 7) is 1.85. The minimum Gasteiger partial charge on any atom is -0.467 e. The van der Waals surface area contributed by atoms with Gasteiger partial charge in [-0.15, -0.1) is 0 Å². The predicted octanol–water partition coefficient (Wildman–Crippen LogP) is 2.98. The lowest BCUT2D eigenvalue weighted by molar-refractivity contribution is -0.156. The average molecular weight is 387 g/mol. The van der Waals surface area contributed by atoms with E-state index in [4.69, 9.17) is 4.42 Å². The zero-order valence-corrected chi connectivity index (χ0v) is 15.7. The van der Waals surface area contributed by atoms with Gasteiger partial charge in [-0.3, -0.25) is 9.69 Å². The van der Waals surface area contributed by atoms with Gasteiger partial charge in [0, 0.05) is 12.6 Å². The van der Waals surface area contributed by atoms with Crippen molar-refractivity contribution in [3.63, 3.8) is 0 Å². The number of carbonyl (C=O) groups excluding carboxylic acids is 1. The van der Waals surface area contributed by atoms with Gasteiger partial charge in [-0.25, -0.2) is 0 Å². The van der Waals surface area contributed by atoms with Crippen LogP contribution in [-0.4, -0.2) is 72.6 Å². The molecule has 152 valence electrons. The largest absolute Gasteiger partial charge is 0.467 e.